The summed E-state index contributed by atoms with van der Waals surface area (Å²) in [6.45, 7) is -1.96. The van der Waals surface area contributed by atoms with E-state index in [1.54, 1.807) is 0 Å². The van der Waals surface area contributed by atoms with E-state index in [0.29, 0.717) is 12.1 Å². The molecule has 0 bridgehead atoms. The number of aromatic hydroxyl groups is 2. The van der Waals surface area contributed by atoms with Gasteiger partial charge in [0.2, 0.25) is 6.04 Å². The number of hydrogen-bond donors (Lipinski definition) is 9. The Labute approximate surface area is 403 Å². The summed E-state index contributed by atoms with van der Waals surface area (Å²) in [5.41, 5.74) is 3.10. The van der Waals surface area contributed by atoms with Gasteiger partial charge in [-0.05, 0) is 72.1 Å². The predicted octanol–water partition coefficient (Wildman–Crippen LogP) is 4.76. The Hall–Kier alpha value is -8.43. The van der Waals surface area contributed by atoms with Crippen molar-refractivity contribution < 1.29 is 88.3 Å². The summed E-state index contributed by atoms with van der Waals surface area (Å²) in [5.74, 6) is -5.58. The van der Waals surface area contributed by atoms with Gasteiger partial charge < -0.3 is 40.7 Å². The van der Waals surface area contributed by atoms with Crippen molar-refractivity contribution in [1.82, 2.24) is 0 Å². The lowest BCUT2D eigenvalue weighted by molar-refractivity contribution is -0.118. The molecule has 6 aromatic carbocycles. The van der Waals surface area contributed by atoms with Crippen LogP contribution in [0.15, 0.2) is 135 Å². The molecule has 0 saturated heterocycles. The molecule has 1 aliphatic rings. The number of carboxylic acids is 1. The number of hydrogen-bond acceptors (Lipinski definition) is 22. The summed E-state index contributed by atoms with van der Waals surface area (Å²) < 4.78 is 115. The summed E-state index contributed by atoms with van der Waals surface area (Å²) in [7, 11) is -15.3. The minimum Gasteiger partial charge on any atom is -0.507 e. The maximum atomic E-state index is 13.3. The Morgan fingerprint density at radius 3 is 1.83 bits per heavy atom. The first-order valence-corrected chi connectivity index (χ1v) is 24.2. The number of aliphatic hydroxyl groups excluding tert-OH is 2. The average Bonchev–Trinajstić information content (AvgIpc) is 3.65. The number of fused-ring (bicyclic) bond motifs is 2. The van der Waals surface area contributed by atoms with Crippen LogP contribution in [0.25, 0.3) is 21.5 Å². The molecule has 72 heavy (non-hydrogen) atoms. The number of hydrazone groups is 1. The fraction of sp³-hybridized carbons (Fsp3) is 0.122. The van der Waals surface area contributed by atoms with E-state index in [1.165, 1.54) is 42.5 Å². The van der Waals surface area contributed by atoms with Crippen molar-refractivity contribution in [3.05, 3.63) is 90.5 Å². The SMILES string of the molecule is NC(=O)C1=NN(c2ccc(C(=O)O)cc2)C(=O)C1/N=N/c1ccc2c(O)c(/N=N/c3cc(OCCO)c(/N=N/c4ccc(S(=O)(=O)O)c5cc(S(=O)(=O)O)cc(O)c45)cc3OCCO)c(S(=O)(=O)O)cc2c1. The Morgan fingerprint density at radius 1 is 0.681 bits per heavy atom. The number of ether oxygens (including phenoxy) is 2. The third-order valence-electron chi connectivity index (χ3n) is 9.96. The summed E-state index contributed by atoms with van der Waals surface area (Å²) in [5, 5.41) is 77.9. The molecule has 374 valence electrons. The van der Waals surface area contributed by atoms with Crippen molar-refractivity contribution in [3.8, 4) is 23.0 Å². The van der Waals surface area contributed by atoms with Crippen LogP contribution in [0.5, 0.6) is 23.0 Å². The molecule has 0 aromatic heterocycles. The van der Waals surface area contributed by atoms with Crippen molar-refractivity contribution in [2.45, 2.75) is 20.7 Å². The molecule has 1 atom stereocenters. The van der Waals surface area contributed by atoms with Crippen molar-refractivity contribution in [2.75, 3.05) is 31.4 Å². The summed E-state index contributed by atoms with van der Waals surface area (Å²) in [4.78, 5) is 34.0. The van der Waals surface area contributed by atoms with Gasteiger partial charge in [0.25, 0.3) is 42.2 Å². The predicted molar refractivity (Wildman–Crippen MR) is 246 cm³/mol. The van der Waals surface area contributed by atoms with E-state index >= 15 is 0 Å². The Morgan fingerprint density at radius 2 is 1.28 bits per heavy atom. The summed E-state index contributed by atoms with van der Waals surface area (Å²) in [6.07, 6.45) is 0. The van der Waals surface area contributed by atoms with Crippen LogP contribution in [-0.2, 0) is 39.9 Å². The molecule has 0 spiro atoms. The number of aromatic carboxylic acids is 1. The minimum atomic E-state index is -5.25. The second-order valence-corrected chi connectivity index (χ2v) is 18.9. The molecule has 10 N–H and O–H groups in total. The van der Waals surface area contributed by atoms with Gasteiger partial charge >= 0.3 is 5.97 Å². The smallest absolute Gasteiger partial charge is 0.335 e. The maximum Gasteiger partial charge on any atom is 0.335 e. The van der Waals surface area contributed by atoms with Gasteiger partial charge in [0.15, 0.2) is 11.5 Å². The second kappa shape index (κ2) is 20.1. The molecule has 0 fully saturated rings. The number of carbonyl (C=O) groups excluding carboxylic acids is 2. The normalized spacial score (nSPS) is 14.6. The number of benzene rings is 6. The van der Waals surface area contributed by atoms with Crippen LogP contribution in [0.1, 0.15) is 10.4 Å². The lowest BCUT2D eigenvalue weighted by Gasteiger charge is -2.13. The van der Waals surface area contributed by atoms with Crippen LogP contribution >= 0.6 is 0 Å². The fourth-order valence-corrected chi connectivity index (χ4v) is 8.64. The van der Waals surface area contributed by atoms with E-state index in [2.05, 4.69) is 35.8 Å². The van der Waals surface area contributed by atoms with E-state index < -0.39 is 129 Å². The standard InChI is InChI=1S/C41H33N9O19S3/c42-39(55)36-37(40(56)50(49-36)22-4-1-19(2-5-22)41(57)58)48-43-21-3-6-24-20(13-21)14-33(72(65,66)67)35(38(24)54)47-46-28-18-30(68-11-9-51)27(17-31(28)69-12-10-52)45-44-26-7-8-32(71(62,63)64)25-15-23(70(59,60)61)16-29(53)34(25)26/h1-8,13-18,37,51-54H,9-12H2,(H2,42,55)(H,57,58)(H,59,60,61)(H,62,63,64)(H,65,66,67)/b45-44+,47-46+,48-43+. The first kappa shape index (κ1) is 51.4. The highest BCUT2D eigenvalue weighted by atomic mass is 32.2. The number of carboxylic acid groups (broad SMARTS) is 1. The van der Waals surface area contributed by atoms with Gasteiger partial charge in [-0.2, -0.15) is 45.6 Å². The number of aliphatic hydroxyl groups is 2. The number of nitrogens with zero attached hydrogens (tertiary/aromatic N) is 8. The quantitative estimate of drug-likeness (QED) is 0.0414. The number of carbonyl (C=O) groups is 3. The minimum absolute atomic E-state index is 0.0731. The van der Waals surface area contributed by atoms with Crippen LogP contribution in [0.3, 0.4) is 0 Å². The van der Waals surface area contributed by atoms with Crippen molar-refractivity contribution in [1.29, 1.82) is 0 Å². The number of primary amides is 1. The van der Waals surface area contributed by atoms with Crippen molar-refractivity contribution >= 4 is 110 Å². The van der Waals surface area contributed by atoms with Crippen LogP contribution in [0.2, 0.25) is 0 Å². The highest BCUT2D eigenvalue weighted by Crippen LogP contribution is 2.46. The van der Waals surface area contributed by atoms with Gasteiger partial charge in [0.05, 0.1) is 46.1 Å². The van der Waals surface area contributed by atoms with E-state index in [4.69, 9.17) is 15.2 Å². The highest BCUT2D eigenvalue weighted by Gasteiger charge is 2.40. The summed E-state index contributed by atoms with van der Waals surface area (Å²) in [6, 6.07) is 13.0. The molecular weight excluding hydrogens is 1020 g/mol. The number of nitrogens with two attached hydrogens (primary N) is 1. The first-order chi connectivity index (χ1) is 33.9. The molecule has 0 radical (unpaired) electrons. The van der Waals surface area contributed by atoms with E-state index in [9.17, 15) is 78.8 Å². The lowest BCUT2D eigenvalue weighted by Crippen LogP contribution is -2.35. The zero-order chi connectivity index (χ0) is 52.4. The van der Waals surface area contributed by atoms with Crippen molar-refractivity contribution in [2.24, 2.45) is 41.5 Å². The average molecular weight is 1050 g/mol. The van der Waals surface area contributed by atoms with E-state index in [1.807, 2.05) is 0 Å². The third-order valence-corrected chi connectivity index (χ3v) is 12.6. The van der Waals surface area contributed by atoms with Gasteiger partial charge in [-0.15, -0.1) is 20.5 Å². The molecule has 0 aliphatic carbocycles. The largest absolute Gasteiger partial charge is 0.507 e. The van der Waals surface area contributed by atoms with Gasteiger partial charge in [-0.3, -0.25) is 23.2 Å². The van der Waals surface area contributed by atoms with Crippen LogP contribution in [0, 0.1) is 0 Å². The second-order valence-electron chi connectivity index (χ2n) is 14.7. The van der Waals surface area contributed by atoms with Gasteiger partial charge in [0.1, 0.15) is 57.3 Å². The number of phenols is 2. The highest BCUT2D eigenvalue weighted by molar-refractivity contribution is 7.86. The zero-order valence-corrected chi connectivity index (χ0v) is 38.4. The Kier molecular flexibility index (Phi) is 14.4. The monoisotopic (exact) mass is 1050 g/mol. The molecule has 2 amide bonds. The van der Waals surface area contributed by atoms with Crippen molar-refractivity contribution in [3.63, 3.8) is 0 Å². The molecule has 1 heterocycles. The molecular formula is C41H33N9O19S3. The maximum absolute atomic E-state index is 13.3. The fourth-order valence-electron chi connectivity index (χ4n) is 6.78. The van der Waals surface area contributed by atoms with E-state index in [0.717, 1.165) is 35.3 Å². The Bertz CT molecular complexity index is 3720. The zero-order valence-electron chi connectivity index (χ0n) is 35.9. The molecule has 1 aliphatic heterocycles. The van der Waals surface area contributed by atoms with Gasteiger partial charge in [0, 0.05) is 29.0 Å². The molecule has 7 rings (SSSR count). The number of rotatable bonds is 18. The Balaban J connectivity index is 1.26. The van der Waals surface area contributed by atoms with Gasteiger partial charge in [-0.25, -0.2) is 4.79 Å². The lowest BCUT2D eigenvalue weighted by atomic mass is 10.1. The number of anilines is 1. The molecule has 31 heteroatoms. The molecule has 1 unspecified atom stereocenters. The number of amides is 2. The van der Waals surface area contributed by atoms with Crippen LogP contribution in [-0.4, -0.2) is 120 Å². The molecule has 28 nitrogen and oxygen atoms in total. The molecule has 6 aromatic rings. The van der Waals surface area contributed by atoms with Gasteiger partial charge in [-0.1, -0.05) is 0 Å². The first-order valence-electron chi connectivity index (χ1n) is 19.9. The molecule has 0 saturated carbocycles. The number of azo groups is 3. The van der Waals surface area contributed by atoms with E-state index in [-0.39, 0.29) is 56.3 Å². The number of phenolic OH excluding ortho intramolecular Hbond substituents is 2. The summed E-state index contributed by atoms with van der Waals surface area (Å²) >= 11 is 0. The van der Waals surface area contributed by atoms with Crippen LogP contribution < -0.4 is 20.2 Å². The topological polar surface area (TPSA) is 450 Å². The van der Waals surface area contributed by atoms with Crippen LogP contribution in [0.4, 0.5) is 34.1 Å². The third kappa shape index (κ3) is 10.8.